The highest BCUT2D eigenvalue weighted by Crippen LogP contribution is 2.32. The molecule has 190 valence electrons. The minimum absolute atomic E-state index is 0.0786. The summed E-state index contributed by atoms with van der Waals surface area (Å²) in [5.74, 6) is 0.696. The Morgan fingerprint density at radius 1 is 1.06 bits per heavy atom. The Bertz CT molecular complexity index is 1320. The summed E-state index contributed by atoms with van der Waals surface area (Å²) in [4.78, 5) is 16.1. The molecule has 0 amide bonds. The van der Waals surface area contributed by atoms with Crippen molar-refractivity contribution in [1.29, 1.82) is 0 Å². The Balaban J connectivity index is 1.17. The van der Waals surface area contributed by atoms with Crippen molar-refractivity contribution in [2.24, 2.45) is 0 Å². The summed E-state index contributed by atoms with van der Waals surface area (Å²) < 4.78 is 32.5. The average Bonchev–Trinajstić information content (AvgIpc) is 3.79. The molecule has 0 spiro atoms. The molecule has 3 aliphatic rings. The van der Waals surface area contributed by atoms with Gasteiger partial charge >= 0.3 is 0 Å². The molecule has 36 heavy (non-hydrogen) atoms. The minimum atomic E-state index is -3.10. The van der Waals surface area contributed by atoms with Crippen LogP contribution in [-0.2, 0) is 14.8 Å². The molecule has 4 heterocycles. The van der Waals surface area contributed by atoms with Crippen LogP contribution >= 0.6 is 0 Å². The fourth-order valence-electron chi connectivity index (χ4n) is 4.83. The number of sulfonamides is 1. The summed E-state index contributed by atoms with van der Waals surface area (Å²) >= 11 is 0. The van der Waals surface area contributed by atoms with Gasteiger partial charge in [0, 0.05) is 69.5 Å². The number of nitrogens with zero attached hydrogens (tertiary/aromatic N) is 5. The summed E-state index contributed by atoms with van der Waals surface area (Å²) in [6.07, 6.45) is 5.06. The van der Waals surface area contributed by atoms with Crippen LogP contribution in [0.5, 0.6) is 0 Å². The Labute approximate surface area is 211 Å². The number of pyridine rings is 1. The lowest BCUT2D eigenvalue weighted by Crippen LogP contribution is -2.49. The van der Waals surface area contributed by atoms with Gasteiger partial charge in [0.2, 0.25) is 10.0 Å². The summed E-state index contributed by atoms with van der Waals surface area (Å²) in [6.45, 7) is 5.50. The van der Waals surface area contributed by atoms with Crippen molar-refractivity contribution in [2.75, 3.05) is 62.6 Å². The molecule has 0 radical (unpaired) electrons. The van der Waals surface area contributed by atoms with Crippen molar-refractivity contribution in [3.63, 3.8) is 0 Å². The number of ether oxygens (including phenoxy) is 1. The van der Waals surface area contributed by atoms with E-state index in [-0.39, 0.29) is 11.4 Å². The minimum Gasteiger partial charge on any atom is -0.374 e. The number of aromatic nitrogens is 3. The molecule has 3 aromatic rings. The lowest BCUT2D eigenvalue weighted by atomic mass is 10.1. The molecule has 1 unspecified atom stereocenters. The van der Waals surface area contributed by atoms with Gasteiger partial charge in [0.05, 0.1) is 29.2 Å². The zero-order valence-corrected chi connectivity index (χ0v) is 21.0. The van der Waals surface area contributed by atoms with E-state index in [0.717, 1.165) is 53.9 Å². The van der Waals surface area contributed by atoms with E-state index in [1.54, 1.807) is 16.7 Å². The number of benzene rings is 1. The first-order valence-corrected chi connectivity index (χ1v) is 14.1. The van der Waals surface area contributed by atoms with Gasteiger partial charge in [0.15, 0.2) is 5.82 Å². The smallest absolute Gasteiger partial charge is 0.217 e. The van der Waals surface area contributed by atoms with Gasteiger partial charge < -0.3 is 20.3 Å². The van der Waals surface area contributed by atoms with Crippen molar-refractivity contribution < 1.29 is 13.2 Å². The van der Waals surface area contributed by atoms with Crippen LogP contribution in [-0.4, -0.2) is 91.4 Å². The van der Waals surface area contributed by atoms with Crippen LogP contribution in [0.4, 0.5) is 11.5 Å². The van der Waals surface area contributed by atoms with Gasteiger partial charge in [0.25, 0.3) is 0 Å². The second kappa shape index (κ2) is 9.89. The van der Waals surface area contributed by atoms with Gasteiger partial charge in [-0.05, 0) is 31.0 Å². The second-order valence-corrected chi connectivity index (χ2v) is 11.7. The summed E-state index contributed by atoms with van der Waals surface area (Å²) in [5.41, 5.74) is 4.41. The van der Waals surface area contributed by atoms with Crippen LogP contribution in [0.2, 0.25) is 0 Å². The Kier molecular flexibility index (Phi) is 6.46. The number of rotatable bonds is 7. The Hall–Kier alpha value is -2.86. The summed E-state index contributed by atoms with van der Waals surface area (Å²) in [6, 6.07) is 10.2. The van der Waals surface area contributed by atoms with Crippen molar-refractivity contribution in [3.05, 3.63) is 42.7 Å². The largest absolute Gasteiger partial charge is 0.374 e. The number of morpholine rings is 1. The van der Waals surface area contributed by atoms with Crippen LogP contribution in [0.1, 0.15) is 12.8 Å². The first kappa shape index (κ1) is 23.5. The van der Waals surface area contributed by atoms with E-state index in [1.165, 1.54) is 0 Å². The molecule has 6 rings (SSSR count). The van der Waals surface area contributed by atoms with Gasteiger partial charge in [-0.1, -0.05) is 12.1 Å². The predicted octanol–water partition coefficient (Wildman–Crippen LogP) is 1.71. The highest BCUT2D eigenvalue weighted by atomic mass is 32.2. The molecule has 1 aromatic carbocycles. The van der Waals surface area contributed by atoms with Gasteiger partial charge in [0.1, 0.15) is 5.52 Å². The van der Waals surface area contributed by atoms with E-state index in [9.17, 15) is 8.42 Å². The number of piperazine rings is 1. The van der Waals surface area contributed by atoms with Crippen LogP contribution in [0.15, 0.2) is 42.7 Å². The van der Waals surface area contributed by atoms with E-state index >= 15 is 0 Å². The molecule has 2 aliphatic heterocycles. The van der Waals surface area contributed by atoms with Crippen LogP contribution < -0.4 is 15.5 Å². The first-order valence-electron chi connectivity index (χ1n) is 12.6. The lowest BCUT2D eigenvalue weighted by molar-refractivity contribution is 0.0372. The van der Waals surface area contributed by atoms with Crippen LogP contribution in [0, 0.1) is 0 Å². The topological polar surface area (TPSA) is 113 Å². The van der Waals surface area contributed by atoms with E-state index in [4.69, 9.17) is 9.72 Å². The maximum Gasteiger partial charge on any atom is 0.217 e. The van der Waals surface area contributed by atoms with Crippen molar-refractivity contribution in [1.82, 2.24) is 24.6 Å². The maximum absolute atomic E-state index is 12.5. The fraction of sp³-hybridized carbons (Fsp3) is 0.480. The number of hydrogen-bond acceptors (Lipinski definition) is 9. The fourth-order valence-corrected chi connectivity index (χ4v) is 6.65. The highest BCUT2D eigenvalue weighted by molar-refractivity contribution is 7.90. The quantitative estimate of drug-likeness (QED) is 0.491. The van der Waals surface area contributed by atoms with E-state index in [0.29, 0.717) is 45.1 Å². The number of fused-ring (bicyclic) bond motifs is 1. The molecule has 1 atom stereocenters. The van der Waals surface area contributed by atoms with Crippen LogP contribution in [0.3, 0.4) is 0 Å². The third kappa shape index (κ3) is 4.88. The standard InChI is InChI=1S/C25H31N7O3S/c33-36(34,21-5-6-21)32-12-10-31(11-13-32)19-3-1-18(2-4-19)22-15-23-24(28-8-7-27-23)25(30-22)29-17-20-16-26-9-14-35-20/h1-4,7-8,15,20-21,26H,5-6,9-14,16-17H2,(H,29,30). The van der Waals surface area contributed by atoms with Gasteiger partial charge in [-0.25, -0.2) is 18.4 Å². The first-order chi connectivity index (χ1) is 17.6. The molecule has 2 N–H and O–H groups in total. The monoisotopic (exact) mass is 509 g/mol. The van der Waals surface area contributed by atoms with Gasteiger partial charge in [-0.3, -0.25) is 4.98 Å². The van der Waals surface area contributed by atoms with E-state index in [2.05, 4.69) is 49.8 Å². The molecule has 0 bridgehead atoms. The molecule has 1 saturated carbocycles. The van der Waals surface area contributed by atoms with Gasteiger partial charge in [-0.15, -0.1) is 0 Å². The number of hydrogen-bond donors (Lipinski definition) is 2. The van der Waals surface area contributed by atoms with Crippen molar-refractivity contribution in [2.45, 2.75) is 24.2 Å². The zero-order chi connectivity index (χ0) is 24.5. The second-order valence-electron chi connectivity index (χ2n) is 9.54. The molecule has 2 saturated heterocycles. The maximum atomic E-state index is 12.5. The molecule has 10 nitrogen and oxygen atoms in total. The van der Waals surface area contributed by atoms with E-state index < -0.39 is 10.0 Å². The molecule has 2 aromatic heterocycles. The van der Waals surface area contributed by atoms with Crippen LogP contribution in [0.25, 0.3) is 22.3 Å². The highest BCUT2D eigenvalue weighted by Gasteiger charge is 2.40. The predicted molar refractivity (Wildman–Crippen MR) is 140 cm³/mol. The number of anilines is 2. The van der Waals surface area contributed by atoms with Crippen molar-refractivity contribution in [3.8, 4) is 11.3 Å². The Morgan fingerprint density at radius 3 is 2.56 bits per heavy atom. The van der Waals surface area contributed by atoms with E-state index in [1.807, 2.05) is 6.07 Å². The number of nitrogens with one attached hydrogen (secondary N) is 2. The van der Waals surface area contributed by atoms with Crippen molar-refractivity contribution >= 4 is 32.6 Å². The lowest BCUT2D eigenvalue weighted by Gasteiger charge is -2.35. The normalized spacial score (nSPS) is 21.6. The third-order valence-electron chi connectivity index (χ3n) is 7.03. The zero-order valence-electron chi connectivity index (χ0n) is 20.1. The molecular weight excluding hydrogens is 478 g/mol. The van der Waals surface area contributed by atoms with Gasteiger partial charge in [-0.2, -0.15) is 4.31 Å². The molecule has 1 aliphatic carbocycles. The SMILES string of the molecule is O=S(=O)(C1CC1)N1CCN(c2ccc(-c3cc4nccnc4c(NCC4CNCCO4)n3)cc2)CC1. The molecular formula is C25H31N7O3S. The molecule has 3 fully saturated rings. The average molecular weight is 510 g/mol. The third-order valence-corrected chi connectivity index (χ3v) is 9.43. The summed E-state index contributed by atoms with van der Waals surface area (Å²) in [5, 5.41) is 6.62. The Morgan fingerprint density at radius 2 is 1.83 bits per heavy atom. The molecule has 11 heteroatoms. The summed E-state index contributed by atoms with van der Waals surface area (Å²) in [7, 11) is -3.10.